The summed E-state index contributed by atoms with van der Waals surface area (Å²) in [6.45, 7) is 6.02. The number of rotatable bonds is 1. The van der Waals surface area contributed by atoms with Crippen molar-refractivity contribution < 1.29 is 9.59 Å². The first-order valence-electron chi connectivity index (χ1n) is 9.05. The van der Waals surface area contributed by atoms with Crippen molar-refractivity contribution in [1.29, 1.82) is 0 Å². The molecule has 5 rings (SSSR count). The second-order valence-corrected chi connectivity index (χ2v) is 8.35. The summed E-state index contributed by atoms with van der Waals surface area (Å²) < 4.78 is 1.12. The lowest BCUT2D eigenvalue weighted by Crippen LogP contribution is -2.75. The van der Waals surface area contributed by atoms with Gasteiger partial charge in [0.05, 0.1) is 19.6 Å². The van der Waals surface area contributed by atoms with Crippen LogP contribution >= 0.6 is 0 Å². The van der Waals surface area contributed by atoms with Crippen LogP contribution in [-0.4, -0.2) is 34.9 Å². The number of quaternary nitrogens is 1. The quantitative estimate of drug-likeness (QED) is 0.781. The molecule has 3 saturated heterocycles. The second-order valence-electron chi connectivity index (χ2n) is 8.35. The first kappa shape index (κ1) is 13.4. The van der Waals surface area contributed by atoms with Gasteiger partial charge in [-0.3, -0.25) is 4.48 Å². The van der Waals surface area contributed by atoms with Gasteiger partial charge in [0.1, 0.15) is 0 Å². The maximum absolute atomic E-state index is 11.8. The molecule has 2 N–H and O–H groups in total. The number of nitrogens with zero attached hydrogens (tertiary/aromatic N) is 1. The molecule has 1 aromatic carbocycles. The largest absolute Gasteiger partial charge is 0.377 e. The minimum absolute atomic E-state index is 0.157. The fourth-order valence-electron chi connectivity index (χ4n) is 6.62. The van der Waals surface area contributed by atoms with Crippen molar-refractivity contribution in [3.8, 4) is 0 Å². The van der Waals surface area contributed by atoms with Crippen LogP contribution in [0.25, 0.3) is 0 Å². The number of para-hydroxylation sites is 1. The maximum Gasteiger partial charge on any atom is 0.206 e. The Hall–Kier alpha value is -1.06. The van der Waals surface area contributed by atoms with Crippen LogP contribution in [0.4, 0.5) is 5.69 Å². The molecular formula is C19H27N2O+. The molecule has 2 bridgehead atoms. The monoisotopic (exact) mass is 299 g/mol. The number of fused-ring (bicyclic) bond motifs is 3. The summed E-state index contributed by atoms with van der Waals surface area (Å²) in [7, 11) is 0. The maximum atomic E-state index is 11.8. The molecule has 0 saturated carbocycles. The van der Waals surface area contributed by atoms with E-state index >= 15 is 0 Å². The Bertz CT molecular complexity index is 646. The molecule has 3 heteroatoms. The number of benzene rings is 1. The van der Waals surface area contributed by atoms with Crippen molar-refractivity contribution in [2.24, 2.45) is 5.41 Å². The number of aliphatic hydroxyl groups is 1. The average Bonchev–Trinajstić information content (AvgIpc) is 2.94. The molecule has 118 valence electrons. The Kier molecular flexibility index (Phi) is 2.36. The Balaban J connectivity index is 1.68. The summed E-state index contributed by atoms with van der Waals surface area (Å²) >= 11 is 0. The molecule has 0 amide bonds. The van der Waals surface area contributed by atoms with Gasteiger partial charge in [0.2, 0.25) is 5.66 Å². The Morgan fingerprint density at radius 3 is 2.86 bits per heavy atom. The highest BCUT2D eigenvalue weighted by Crippen LogP contribution is 2.64. The van der Waals surface area contributed by atoms with E-state index in [9.17, 15) is 5.11 Å². The minimum atomic E-state index is -0.666. The summed E-state index contributed by atoms with van der Waals surface area (Å²) in [6, 6.07) is 8.47. The van der Waals surface area contributed by atoms with Gasteiger partial charge in [0.25, 0.3) is 0 Å². The van der Waals surface area contributed by atoms with Crippen LogP contribution < -0.4 is 5.32 Å². The second kappa shape index (κ2) is 3.88. The summed E-state index contributed by atoms with van der Waals surface area (Å²) in [6.07, 6.45) is 7.32. The zero-order valence-corrected chi connectivity index (χ0v) is 13.6. The van der Waals surface area contributed by atoms with E-state index in [1.165, 1.54) is 44.5 Å². The Morgan fingerprint density at radius 2 is 2.00 bits per heavy atom. The van der Waals surface area contributed by atoms with Crippen LogP contribution in [0.5, 0.6) is 0 Å². The molecular weight excluding hydrogens is 272 g/mol. The predicted molar refractivity (Wildman–Crippen MR) is 87.4 cm³/mol. The molecule has 0 aromatic heterocycles. The van der Waals surface area contributed by atoms with Crippen molar-refractivity contribution in [1.82, 2.24) is 0 Å². The lowest BCUT2D eigenvalue weighted by atomic mass is 9.65. The molecule has 2 spiro atoms. The van der Waals surface area contributed by atoms with Crippen molar-refractivity contribution in [2.75, 3.05) is 25.0 Å². The third kappa shape index (κ3) is 1.25. The first-order valence-corrected chi connectivity index (χ1v) is 9.05. The van der Waals surface area contributed by atoms with Crippen LogP contribution in [0.1, 0.15) is 51.0 Å². The SMILES string of the molecule is CC[C@@]12CCC[N@+]3(CC[C@@]4(O)c5ccccc5N[C@@]43CC1)C2. The van der Waals surface area contributed by atoms with Crippen molar-refractivity contribution in [2.45, 2.75) is 56.7 Å². The van der Waals surface area contributed by atoms with Crippen LogP contribution in [0.3, 0.4) is 0 Å². The van der Waals surface area contributed by atoms with Gasteiger partial charge in [-0.05, 0) is 31.7 Å². The van der Waals surface area contributed by atoms with E-state index in [0.717, 1.165) is 29.4 Å². The van der Waals surface area contributed by atoms with E-state index in [0.29, 0.717) is 5.41 Å². The standard InChI is InChI=1S/C19H27N2O/c1-2-17-8-5-12-21(14-17)13-11-18(22)15-6-3-4-7-16(15)20-19(18,21)10-9-17/h3-4,6-7,20,22H,2,5,8-14H2,1H3/q+1/t17-,18-,19-,21+/m1/s1. The topological polar surface area (TPSA) is 32.3 Å². The summed E-state index contributed by atoms with van der Waals surface area (Å²) in [4.78, 5) is 0. The van der Waals surface area contributed by atoms with E-state index in [1.54, 1.807) is 0 Å². The summed E-state index contributed by atoms with van der Waals surface area (Å²) in [5.74, 6) is 0. The minimum Gasteiger partial charge on any atom is -0.377 e. The fraction of sp³-hybridized carbons (Fsp3) is 0.684. The molecule has 0 aliphatic carbocycles. The predicted octanol–water partition coefficient (Wildman–Crippen LogP) is 3.20. The molecule has 3 fully saturated rings. The van der Waals surface area contributed by atoms with E-state index in [4.69, 9.17) is 0 Å². The zero-order chi connectivity index (χ0) is 15.1. The normalized spacial score (nSPS) is 48.3. The van der Waals surface area contributed by atoms with Crippen molar-refractivity contribution >= 4 is 5.69 Å². The van der Waals surface area contributed by atoms with Gasteiger partial charge in [-0.25, -0.2) is 0 Å². The van der Waals surface area contributed by atoms with Crippen LogP contribution in [0.15, 0.2) is 24.3 Å². The fourth-order valence-corrected chi connectivity index (χ4v) is 6.62. The van der Waals surface area contributed by atoms with E-state index < -0.39 is 5.60 Å². The highest BCUT2D eigenvalue weighted by molar-refractivity contribution is 5.63. The summed E-state index contributed by atoms with van der Waals surface area (Å²) in [5.41, 5.74) is 2.04. The van der Waals surface area contributed by atoms with Crippen LogP contribution in [0.2, 0.25) is 0 Å². The van der Waals surface area contributed by atoms with E-state index in [-0.39, 0.29) is 5.66 Å². The van der Waals surface area contributed by atoms with Gasteiger partial charge in [-0.15, -0.1) is 0 Å². The Morgan fingerprint density at radius 1 is 1.14 bits per heavy atom. The van der Waals surface area contributed by atoms with Crippen molar-refractivity contribution in [3.05, 3.63) is 29.8 Å². The van der Waals surface area contributed by atoms with Crippen molar-refractivity contribution in [3.63, 3.8) is 0 Å². The molecule has 0 unspecified atom stereocenters. The number of nitrogens with one attached hydrogen (secondary N) is 1. The molecule has 1 aromatic rings. The molecule has 3 nitrogen and oxygen atoms in total. The Labute approximate surface area is 132 Å². The third-order valence-corrected chi connectivity index (χ3v) is 7.81. The van der Waals surface area contributed by atoms with Gasteiger partial charge >= 0.3 is 0 Å². The lowest BCUT2D eigenvalue weighted by molar-refractivity contribution is -0.981. The highest BCUT2D eigenvalue weighted by Gasteiger charge is 2.76. The smallest absolute Gasteiger partial charge is 0.206 e. The lowest BCUT2D eigenvalue weighted by Gasteiger charge is -2.61. The van der Waals surface area contributed by atoms with Gasteiger partial charge in [0, 0.05) is 29.5 Å². The number of piperidine rings is 2. The van der Waals surface area contributed by atoms with Crippen LogP contribution in [0, 0.1) is 5.41 Å². The third-order valence-electron chi connectivity index (χ3n) is 7.81. The van der Waals surface area contributed by atoms with Gasteiger partial charge in [-0.2, -0.15) is 0 Å². The highest BCUT2D eigenvalue weighted by atomic mass is 16.3. The number of hydrogen-bond donors (Lipinski definition) is 2. The molecule has 4 aliphatic heterocycles. The molecule has 4 aliphatic rings. The van der Waals surface area contributed by atoms with E-state index in [2.05, 4.69) is 36.5 Å². The van der Waals surface area contributed by atoms with E-state index in [1.807, 2.05) is 0 Å². The molecule has 4 atom stereocenters. The average molecular weight is 299 g/mol. The molecule has 0 radical (unpaired) electrons. The van der Waals surface area contributed by atoms with Gasteiger partial charge in [0.15, 0.2) is 5.60 Å². The molecule has 4 heterocycles. The van der Waals surface area contributed by atoms with Gasteiger partial charge < -0.3 is 10.4 Å². The first-order chi connectivity index (χ1) is 10.6. The van der Waals surface area contributed by atoms with Crippen LogP contribution in [-0.2, 0) is 5.60 Å². The number of anilines is 1. The molecule has 22 heavy (non-hydrogen) atoms. The van der Waals surface area contributed by atoms with Gasteiger partial charge in [-0.1, -0.05) is 25.1 Å². The summed E-state index contributed by atoms with van der Waals surface area (Å²) in [5, 5.41) is 15.6. The number of hydrogen-bond acceptors (Lipinski definition) is 2. The zero-order valence-electron chi connectivity index (χ0n) is 13.6.